The maximum absolute atomic E-state index is 6.32. The molecule has 20 heavy (non-hydrogen) atoms. The standard InChI is InChI=1S/C16H17N3O/c1-10-19-14-8-13(6-7-15(14)20-10)16(18)12-4-2-11(9-17)3-5-12/h2-8,16H,9,17-18H2,1H3. The fraction of sp³-hybridized carbons (Fsp3) is 0.188. The summed E-state index contributed by atoms with van der Waals surface area (Å²) in [5.74, 6) is 0.665. The Morgan fingerprint density at radius 1 is 1.10 bits per heavy atom. The van der Waals surface area contributed by atoms with Crippen LogP contribution in [-0.4, -0.2) is 4.98 Å². The van der Waals surface area contributed by atoms with Crippen molar-refractivity contribution in [2.45, 2.75) is 19.5 Å². The molecule has 0 spiro atoms. The fourth-order valence-electron chi connectivity index (χ4n) is 2.31. The molecule has 0 fully saturated rings. The number of rotatable bonds is 3. The number of nitrogens with two attached hydrogens (primary N) is 2. The summed E-state index contributed by atoms with van der Waals surface area (Å²) in [6.45, 7) is 2.38. The second-order valence-electron chi connectivity index (χ2n) is 4.88. The van der Waals surface area contributed by atoms with E-state index in [0.29, 0.717) is 12.4 Å². The molecule has 3 aromatic rings. The van der Waals surface area contributed by atoms with Crippen LogP contribution < -0.4 is 11.5 Å². The molecule has 0 bridgehead atoms. The molecule has 0 saturated carbocycles. The molecule has 0 aliphatic heterocycles. The molecular formula is C16H17N3O. The highest BCUT2D eigenvalue weighted by Gasteiger charge is 2.11. The SMILES string of the molecule is Cc1nc2cc(C(N)c3ccc(CN)cc3)ccc2o1. The van der Waals surface area contributed by atoms with E-state index < -0.39 is 0 Å². The van der Waals surface area contributed by atoms with Crippen LogP contribution in [0.5, 0.6) is 0 Å². The van der Waals surface area contributed by atoms with Crippen LogP contribution in [0.15, 0.2) is 46.9 Å². The summed E-state index contributed by atoms with van der Waals surface area (Å²) in [7, 11) is 0. The van der Waals surface area contributed by atoms with E-state index in [-0.39, 0.29) is 6.04 Å². The van der Waals surface area contributed by atoms with Gasteiger partial charge < -0.3 is 15.9 Å². The van der Waals surface area contributed by atoms with Crippen LogP contribution in [0.1, 0.15) is 28.6 Å². The molecule has 0 radical (unpaired) electrons. The lowest BCUT2D eigenvalue weighted by Gasteiger charge is -2.13. The minimum Gasteiger partial charge on any atom is -0.441 e. The Balaban J connectivity index is 1.95. The van der Waals surface area contributed by atoms with E-state index in [4.69, 9.17) is 15.9 Å². The molecule has 1 atom stereocenters. The van der Waals surface area contributed by atoms with Gasteiger partial charge in [-0.05, 0) is 28.8 Å². The molecule has 2 aromatic carbocycles. The van der Waals surface area contributed by atoms with Gasteiger partial charge in [-0.15, -0.1) is 0 Å². The lowest BCUT2D eigenvalue weighted by Crippen LogP contribution is -2.12. The highest BCUT2D eigenvalue weighted by atomic mass is 16.3. The highest BCUT2D eigenvalue weighted by molar-refractivity contribution is 5.73. The fourth-order valence-corrected chi connectivity index (χ4v) is 2.31. The monoisotopic (exact) mass is 267 g/mol. The Kier molecular flexibility index (Phi) is 3.26. The minimum absolute atomic E-state index is 0.178. The third-order valence-corrected chi connectivity index (χ3v) is 3.45. The largest absolute Gasteiger partial charge is 0.441 e. The van der Waals surface area contributed by atoms with E-state index in [0.717, 1.165) is 27.8 Å². The van der Waals surface area contributed by atoms with Crippen molar-refractivity contribution in [1.82, 2.24) is 4.98 Å². The van der Waals surface area contributed by atoms with E-state index in [1.807, 2.05) is 49.4 Å². The van der Waals surface area contributed by atoms with Crippen LogP contribution in [-0.2, 0) is 6.54 Å². The van der Waals surface area contributed by atoms with Gasteiger partial charge in [-0.1, -0.05) is 30.3 Å². The van der Waals surface area contributed by atoms with Crippen molar-refractivity contribution in [3.63, 3.8) is 0 Å². The maximum Gasteiger partial charge on any atom is 0.192 e. The second-order valence-corrected chi connectivity index (χ2v) is 4.88. The number of aromatic nitrogens is 1. The number of hydrogen-bond donors (Lipinski definition) is 2. The van der Waals surface area contributed by atoms with Gasteiger partial charge in [0.15, 0.2) is 11.5 Å². The van der Waals surface area contributed by atoms with Gasteiger partial charge in [0.25, 0.3) is 0 Å². The predicted octanol–water partition coefficient (Wildman–Crippen LogP) is 2.64. The third-order valence-electron chi connectivity index (χ3n) is 3.45. The van der Waals surface area contributed by atoms with E-state index in [1.54, 1.807) is 0 Å². The predicted molar refractivity (Wildman–Crippen MR) is 79.1 cm³/mol. The van der Waals surface area contributed by atoms with E-state index in [1.165, 1.54) is 0 Å². The van der Waals surface area contributed by atoms with Crippen LogP contribution >= 0.6 is 0 Å². The minimum atomic E-state index is -0.178. The summed E-state index contributed by atoms with van der Waals surface area (Å²) in [4.78, 5) is 4.34. The number of oxazole rings is 1. The Hall–Kier alpha value is -2.17. The molecule has 4 N–H and O–H groups in total. The molecule has 1 unspecified atom stereocenters. The Morgan fingerprint density at radius 3 is 2.50 bits per heavy atom. The summed E-state index contributed by atoms with van der Waals surface area (Å²) in [5.41, 5.74) is 16.7. The molecule has 4 heteroatoms. The molecular weight excluding hydrogens is 250 g/mol. The molecule has 1 aromatic heterocycles. The molecule has 102 valence electrons. The van der Waals surface area contributed by atoms with Gasteiger partial charge in [0, 0.05) is 13.5 Å². The van der Waals surface area contributed by atoms with Gasteiger partial charge in [0.05, 0.1) is 6.04 Å². The normalized spacial score (nSPS) is 12.8. The lowest BCUT2D eigenvalue weighted by molar-refractivity contribution is 0.561. The first kappa shape index (κ1) is 12.8. The topological polar surface area (TPSA) is 78.1 Å². The summed E-state index contributed by atoms with van der Waals surface area (Å²) in [6, 6.07) is 13.8. The first-order valence-electron chi connectivity index (χ1n) is 6.59. The number of fused-ring (bicyclic) bond motifs is 1. The number of benzene rings is 2. The molecule has 0 amide bonds. The number of aryl methyl sites for hydroxylation is 1. The summed E-state index contributed by atoms with van der Waals surface area (Å²) >= 11 is 0. The maximum atomic E-state index is 6.32. The Morgan fingerprint density at radius 2 is 1.80 bits per heavy atom. The van der Waals surface area contributed by atoms with Gasteiger partial charge in [-0.3, -0.25) is 0 Å². The van der Waals surface area contributed by atoms with Gasteiger partial charge >= 0.3 is 0 Å². The van der Waals surface area contributed by atoms with Crippen LogP contribution in [0, 0.1) is 6.92 Å². The third kappa shape index (κ3) is 2.31. The summed E-state index contributed by atoms with van der Waals surface area (Å²) in [5, 5.41) is 0. The van der Waals surface area contributed by atoms with E-state index >= 15 is 0 Å². The van der Waals surface area contributed by atoms with Crippen molar-refractivity contribution in [2.75, 3.05) is 0 Å². The smallest absolute Gasteiger partial charge is 0.192 e. The average Bonchev–Trinajstić information content (AvgIpc) is 2.85. The second kappa shape index (κ2) is 5.07. The lowest BCUT2D eigenvalue weighted by atomic mass is 9.98. The number of hydrogen-bond acceptors (Lipinski definition) is 4. The summed E-state index contributed by atoms with van der Waals surface area (Å²) in [6.07, 6.45) is 0. The van der Waals surface area contributed by atoms with Crippen LogP contribution in [0.3, 0.4) is 0 Å². The molecule has 0 aliphatic rings. The van der Waals surface area contributed by atoms with Crippen LogP contribution in [0.25, 0.3) is 11.1 Å². The van der Waals surface area contributed by atoms with Crippen LogP contribution in [0.2, 0.25) is 0 Å². The first-order chi connectivity index (χ1) is 9.67. The van der Waals surface area contributed by atoms with Crippen molar-refractivity contribution in [2.24, 2.45) is 11.5 Å². The average molecular weight is 267 g/mol. The van der Waals surface area contributed by atoms with E-state index in [2.05, 4.69) is 4.98 Å². The summed E-state index contributed by atoms with van der Waals surface area (Å²) < 4.78 is 5.47. The van der Waals surface area contributed by atoms with Gasteiger partial charge in [0.1, 0.15) is 5.52 Å². The van der Waals surface area contributed by atoms with Crippen LogP contribution in [0.4, 0.5) is 0 Å². The molecule has 4 nitrogen and oxygen atoms in total. The Bertz CT molecular complexity index is 731. The highest BCUT2D eigenvalue weighted by Crippen LogP contribution is 2.24. The molecule has 1 heterocycles. The van der Waals surface area contributed by atoms with Gasteiger partial charge in [-0.2, -0.15) is 0 Å². The number of nitrogens with zero attached hydrogens (tertiary/aromatic N) is 1. The van der Waals surface area contributed by atoms with Gasteiger partial charge in [0.2, 0.25) is 0 Å². The van der Waals surface area contributed by atoms with Crippen molar-refractivity contribution < 1.29 is 4.42 Å². The van der Waals surface area contributed by atoms with Crippen molar-refractivity contribution in [3.05, 3.63) is 65.0 Å². The first-order valence-corrected chi connectivity index (χ1v) is 6.59. The zero-order chi connectivity index (χ0) is 14.1. The van der Waals surface area contributed by atoms with E-state index in [9.17, 15) is 0 Å². The Labute approximate surface area is 117 Å². The van der Waals surface area contributed by atoms with Crippen molar-refractivity contribution in [3.8, 4) is 0 Å². The van der Waals surface area contributed by atoms with Crippen molar-refractivity contribution in [1.29, 1.82) is 0 Å². The molecule has 0 saturated heterocycles. The van der Waals surface area contributed by atoms with Gasteiger partial charge in [-0.25, -0.2) is 4.98 Å². The molecule has 3 rings (SSSR count). The zero-order valence-electron chi connectivity index (χ0n) is 11.3. The zero-order valence-corrected chi connectivity index (χ0v) is 11.3. The quantitative estimate of drug-likeness (QED) is 0.764. The molecule has 0 aliphatic carbocycles. The van der Waals surface area contributed by atoms with Crippen molar-refractivity contribution >= 4 is 11.1 Å².